The Hall–Kier alpha value is -2.34. The summed E-state index contributed by atoms with van der Waals surface area (Å²) < 4.78 is 12.1. The molecular weight excluding hydrogens is 380 g/mol. The van der Waals surface area contributed by atoms with Gasteiger partial charge >= 0.3 is 5.97 Å². The normalized spacial score (nSPS) is 23.6. The van der Waals surface area contributed by atoms with Gasteiger partial charge in [0.15, 0.2) is 6.29 Å². The molecule has 0 aliphatic carbocycles. The first-order valence-corrected chi connectivity index (χ1v) is 9.54. The second-order valence-electron chi connectivity index (χ2n) is 6.72. The van der Waals surface area contributed by atoms with Crippen LogP contribution < -0.4 is 0 Å². The quantitative estimate of drug-likeness (QED) is 0.656. The van der Waals surface area contributed by atoms with Crippen LogP contribution in [-0.4, -0.2) is 22.8 Å². The molecule has 0 amide bonds. The van der Waals surface area contributed by atoms with Crippen molar-refractivity contribution in [2.24, 2.45) is 11.8 Å². The highest BCUT2D eigenvalue weighted by Crippen LogP contribution is 2.45. The largest absolute Gasteiger partial charge is 0.508 e. The number of allylic oxidation sites excluding steroid dienone is 2. The first-order chi connectivity index (χ1) is 13.5. The van der Waals surface area contributed by atoms with Crippen molar-refractivity contribution in [2.45, 2.75) is 25.7 Å². The van der Waals surface area contributed by atoms with Crippen molar-refractivity contribution in [3.05, 3.63) is 76.8 Å². The number of rotatable bonds is 6. The lowest BCUT2D eigenvalue weighted by Crippen LogP contribution is -2.38. The minimum Gasteiger partial charge on any atom is -0.508 e. The Balaban J connectivity index is 1.97. The third-order valence-corrected chi connectivity index (χ3v) is 5.31. The zero-order chi connectivity index (χ0) is 20.1. The third kappa shape index (κ3) is 4.38. The van der Waals surface area contributed by atoms with Crippen molar-refractivity contribution in [2.75, 3.05) is 6.61 Å². The lowest BCUT2D eigenvalue weighted by Gasteiger charge is -2.39. The number of phenols is 1. The number of carboxylic acids is 1. The van der Waals surface area contributed by atoms with E-state index >= 15 is 0 Å². The summed E-state index contributed by atoms with van der Waals surface area (Å²) in [6, 6.07) is 14.0. The Morgan fingerprint density at radius 2 is 1.89 bits per heavy atom. The number of carbonyl (C=O) groups is 1. The zero-order valence-electron chi connectivity index (χ0n) is 15.5. The van der Waals surface area contributed by atoms with Gasteiger partial charge in [-0.15, -0.1) is 0 Å². The fourth-order valence-electron chi connectivity index (χ4n) is 3.49. The van der Waals surface area contributed by atoms with E-state index in [1.807, 2.05) is 37.3 Å². The molecule has 2 aromatic rings. The lowest BCUT2D eigenvalue weighted by molar-refractivity contribution is -0.253. The van der Waals surface area contributed by atoms with E-state index in [2.05, 4.69) is 0 Å². The van der Waals surface area contributed by atoms with E-state index < -0.39 is 30.2 Å². The van der Waals surface area contributed by atoms with Gasteiger partial charge in [0.05, 0.1) is 18.6 Å². The summed E-state index contributed by atoms with van der Waals surface area (Å²) in [6.45, 7) is 2.02. The summed E-state index contributed by atoms with van der Waals surface area (Å²) in [7, 11) is 0. The predicted molar refractivity (Wildman–Crippen MR) is 106 cm³/mol. The standard InChI is InChI=1S/C22H23ClO5/c1-2-3-8-14(21(25)26)17-13-27-22(15-9-4-6-11-18(15)23)28-20(17)16-10-5-7-12-19(16)24/h2-7,9-12,14,17,20,22,24H,8,13H2,1H3,(H,25,26). The first-order valence-electron chi connectivity index (χ1n) is 9.16. The molecule has 0 bridgehead atoms. The van der Waals surface area contributed by atoms with Crippen LogP contribution in [0.4, 0.5) is 0 Å². The predicted octanol–water partition coefficient (Wildman–Crippen LogP) is 5.12. The molecule has 4 unspecified atom stereocenters. The third-order valence-electron chi connectivity index (χ3n) is 4.96. The highest BCUT2D eigenvalue weighted by molar-refractivity contribution is 6.31. The molecule has 2 N–H and O–H groups in total. The summed E-state index contributed by atoms with van der Waals surface area (Å²) in [5, 5.41) is 20.7. The van der Waals surface area contributed by atoms with E-state index in [9.17, 15) is 15.0 Å². The number of hydrogen-bond donors (Lipinski definition) is 2. The molecule has 1 aliphatic rings. The van der Waals surface area contributed by atoms with E-state index in [0.717, 1.165) is 0 Å². The monoisotopic (exact) mass is 402 g/mol. The van der Waals surface area contributed by atoms with E-state index in [0.29, 0.717) is 22.6 Å². The first kappa shape index (κ1) is 20.4. The maximum Gasteiger partial charge on any atom is 0.307 e. The Morgan fingerprint density at radius 1 is 1.21 bits per heavy atom. The number of para-hydroxylation sites is 1. The van der Waals surface area contributed by atoms with Gasteiger partial charge in [-0.05, 0) is 25.5 Å². The summed E-state index contributed by atoms with van der Waals surface area (Å²) in [5.74, 6) is -2.05. The molecule has 1 fully saturated rings. The number of halogens is 1. The summed E-state index contributed by atoms with van der Waals surface area (Å²) in [4.78, 5) is 11.9. The van der Waals surface area contributed by atoms with Crippen LogP contribution in [0, 0.1) is 11.8 Å². The van der Waals surface area contributed by atoms with E-state index in [-0.39, 0.29) is 12.4 Å². The van der Waals surface area contributed by atoms with Crippen LogP contribution in [-0.2, 0) is 14.3 Å². The van der Waals surface area contributed by atoms with Crippen LogP contribution >= 0.6 is 11.6 Å². The van der Waals surface area contributed by atoms with Gasteiger partial charge in [-0.1, -0.05) is 60.2 Å². The number of carboxylic acid groups (broad SMARTS) is 1. The van der Waals surface area contributed by atoms with Crippen LogP contribution in [0.15, 0.2) is 60.7 Å². The van der Waals surface area contributed by atoms with Gasteiger partial charge < -0.3 is 19.7 Å². The van der Waals surface area contributed by atoms with Crippen molar-refractivity contribution in [3.8, 4) is 5.75 Å². The Kier molecular flexibility index (Phi) is 6.73. The van der Waals surface area contributed by atoms with Gasteiger partial charge in [-0.3, -0.25) is 4.79 Å². The molecule has 6 heteroatoms. The van der Waals surface area contributed by atoms with Crippen molar-refractivity contribution in [1.29, 1.82) is 0 Å². The molecule has 3 rings (SSSR count). The highest BCUT2D eigenvalue weighted by Gasteiger charge is 2.42. The topological polar surface area (TPSA) is 76.0 Å². The molecule has 0 radical (unpaired) electrons. The van der Waals surface area contributed by atoms with E-state index in [1.165, 1.54) is 0 Å². The number of ether oxygens (including phenoxy) is 2. The zero-order valence-corrected chi connectivity index (χ0v) is 16.3. The minimum absolute atomic E-state index is 0.0625. The Labute approximate surface area is 169 Å². The number of aromatic hydroxyl groups is 1. The van der Waals surface area contributed by atoms with Crippen LogP contribution in [0.25, 0.3) is 0 Å². The van der Waals surface area contributed by atoms with Gasteiger partial charge in [0.1, 0.15) is 5.75 Å². The van der Waals surface area contributed by atoms with Crippen LogP contribution in [0.2, 0.25) is 5.02 Å². The van der Waals surface area contributed by atoms with E-state index in [4.69, 9.17) is 21.1 Å². The maximum absolute atomic E-state index is 11.9. The van der Waals surface area contributed by atoms with Gasteiger partial charge in [0.25, 0.3) is 0 Å². The molecule has 1 heterocycles. The molecule has 1 aliphatic heterocycles. The molecule has 4 atom stereocenters. The van der Waals surface area contributed by atoms with Crippen molar-refractivity contribution in [1.82, 2.24) is 0 Å². The Bertz CT molecular complexity index is 850. The van der Waals surface area contributed by atoms with Gasteiger partial charge in [0, 0.05) is 22.1 Å². The van der Waals surface area contributed by atoms with Crippen LogP contribution in [0.1, 0.15) is 36.9 Å². The maximum atomic E-state index is 11.9. The fraction of sp³-hybridized carbons (Fsp3) is 0.318. The summed E-state index contributed by atoms with van der Waals surface area (Å²) in [5.41, 5.74) is 1.21. The molecule has 0 spiro atoms. The second-order valence-corrected chi connectivity index (χ2v) is 7.12. The molecule has 28 heavy (non-hydrogen) atoms. The van der Waals surface area contributed by atoms with E-state index in [1.54, 1.807) is 30.3 Å². The summed E-state index contributed by atoms with van der Waals surface area (Å²) >= 11 is 6.29. The van der Waals surface area contributed by atoms with Crippen molar-refractivity contribution in [3.63, 3.8) is 0 Å². The summed E-state index contributed by atoms with van der Waals surface area (Å²) in [6.07, 6.45) is 2.60. The average molecular weight is 403 g/mol. The Morgan fingerprint density at radius 3 is 2.54 bits per heavy atom. The number of benzene rings is 2. The molecule has 1 saturated heterocycles. The molecule has 2 aromatic carbocycles. The SMILES string of the molecule is CC=CCC(C(=O)O)C1COC(c2ccccc2Cl)OC1c1ccccc1O. The van der Waals surface area contributed by atoms with Crippen molar-refractivity contribution < 1.29 is 24.5 Å². The molecule has 5 nitrogen and oxygen atoms in total. The number of phenolic OH excluding ortho intramolecular Hbond substituents is 1. The van der Waals surface area contributed by atoms with Gasteiger partial charge in [-0.25, -0.2) is 0 Å². The van der Waals surface area contributed by atoms with Crippen LogP contribution in [0.3, 0.4) is 0 Å². The van der Waals surface area contributed by atoms with Gasteiger partial charge in [-0.2, -0.15) is 0 Å². The highest BCUT2D eigenvalue weighted by atomic mass is 35.5. The molecular formula is C22H23ClO5. The fourth-order valence-corrected chi connectivity index (χ4v) is 3.71. The van der Waals surface area contributed by atoms with Crippen LogP contribution in [0.5, 0.6) is 5.75 Å². The molecule has 0 saturated carbocycles. The molecule has 0 aromatic heterocycles. The average Bonchev–Trinajstić information content (AvgIpc) is 2.69. The smallest absolute Gasteiger partial charge is 0.307 e. The minimum atomic E-state index is -0.924. The number of hydrogen-bond acceptors (Lipinski definition) is 4. The number of aliphatic carboxylic acids is 1. The lowest BCUT2D eigenvalue weighted by atomic mass is 9.81. The van der Waals surface area contributed by atoms with Gasteiger partial charge in [0.2, 0.25) is 0 Å². The van der Waals surface area contributed by atoms with Crippen molar-refractivity contribution >= 4 is 17.6 Å². The molecule has 148 valence electrons. The second kappa shape index (κ2) is 9.24.